The van der Waals surface area contributed by atoms with Gasteiger partial charge in [-0.1, -0.05) is 24.3 Å². The molecule has 1 aliphatic heterocycles. The molecule has 1 aromatic rings. The lowest BCUT2D eigenvalue weighted by Crippen LogP contribution is -2.35. The first-order chi connectivity index (χ1) is 9.24. The number of amides is 1. The van der Waals surface area contributed by atoms with Gasteiger partial charge >= 0.3 is 0 Å². The highest BCUT2D eigenvalue weighted by molar-refractivity contribution is 5.77. The van der Waals surface area contributed by atoms with Crippen LogP contribution >= 0.6 is 0 Å². The molecule has 3 rings (SSSR count). The molecule has 102 valence electrons. The molecule has 0 saturated carbocycles. The van der Waals surface area contributed by atoms with Crippen LogP contribution in [0.25, 0.3) is 0 Å². The summed E-state index contributed by atoms with van der Waals surface area (Å²) in [4.78, 5) is 12.0. The Labute approximate surface area is 112 Å². The van der Waals surface area contributed by atoms with Crippen molar-refractivity contribution in [3.8, 4) is 0 Å². The Morgan fingerprint density at radius 3 is 3.05 bits per heavy atom. The van der Waals surface area contributed by atoms with E-state index in [1.54, 1.807) is 0 Å². The SMILES string of the molecule is O=C(CC1CCCO1)NC1c2ccccc2CC1O. The smallest absolute Gasteiger partial charge is 0.223 e. The van der Waals surface area contributed by atoms with E-state index in [0.717, 1.165) is 30.6 Å². The van der Waals surface area contributed by atoms with Crippen molar-refractivity contribution in [1.29, 1.82) is 0 Å². The van der Waals surface area contributed by atoms with Gasteiger partial charge in [0.15, 0.2) is 0 Å². The summed E-state index contributed by atoms with van der Waals surface area (Å²) in [6, 6.07) is 7.61. The van der Waals surface area contributed by atoms with Crippen LogP contribution in [-0.2, 0) is 16.0 Å². The summed E-state index contributed by atoms with van der Waals surface area (Å²) in [5.41, 5.74) is 2.16. The van der Waals surface area contributed by atoms with Crippen molar-refractivity contribution in [2.24, 2.45) is 0 Å². The zero-order chi connectivity index (χ0) is 13.2. The number of aliphatic hydroxyl groups is 1. The lowest BCUT2D eigenvalue weighted by Gasteiger charge is -2.19. The number of aliphatic hydroxyl groups excluding tert-OH is 1. The van der Waals surface area contributed by atoms with E-state index >= 15 is 0 Å². The number of benzene rings is 1. The molecule has 1 saturated heterocycles. The average molecular weight is 261 g/mol. The third-order valence-corrected chi connectivity index (χ3v) is 3.96. The maximum Gasteiger partial charge on any atom is 0.223 e. The Morgan fingerprint density at radius 2 is 2.26 bits per heavy atom. The summed E-state index contributed by atoms with van der Waals surface area (Å²) < 4.78 is 5.46. The molecule has 2 aliphatic rings. The molecule has 0 aromatic heterocycles. The lowest BCUT2D eigenvalue weighted by atomic mass is 10.1. The predicted octanol–water partition coefficient (Wildman–Crippen LogP) is 1.33. The van der Waals surface area contributed by atoms with Crippen LogP contribution in [0.1, 0.15) is 36.4 Å². The molecule has 1 aromatic carbocycles. The van der Waals surface area contributed by atoms with Crippen LogP contribution < -0.4 is 5.32 Å². The maximum atomic E-state index is 12.0. The van der Waals surface area contributed by atoms with Gasteiger partial charge in [0.1, 0.15) is 0 Å². The van der Waals surface area contributed by atoms with Gasteiger partial charge in [0.05, 0.1) is 24.7 Å². The second-order valence-corrected chi connectivity index (χ2v) is 5.35. The molecule has 1 heterocycles. The van der Waals surface area contributed by atoms with Crippen molar-refractivity contribution >= 4 is 5.91 Å². The molecule has 19 heavy (non-hydrogen) atoms. The van der Waals surface area contributed by atoms with Gasteiger partial charge in [-0.2, -0.15) is 0 Å². The minimum atomic E-state index is -0.522. The average Bonchev–Trinajstić information content (AvgIpc) is 2.99. The maximum absolute atomic E-state index is 12.0. The third kappa shape index (κ3) is 2.65. The minimum absolute atomic E-state index is 0.0346. The summed E-state index contributed by atoms with van der Waals surface area (Å²) in [6.07, 6.45) is 2.52. The highest BCUT2D eigenvalue weighted by atomic mass is 16.5. The van der Waals surface area contributed by atoms with Gasteiger partial charge in [0.2, 0.25) is 5.91 Å². The number of nitrogens with one attached hydrogen (secondary N) is 1. The molecule has 4 nitrogen and oxygen atoms in total. The van der Waals surface area contributed by atoms with Crippen molar-refractivity contribution in [3.05, 3.63) is 35.4 Å². The molecule has 1 amide bonds. The Morgan fingerprint density at radius 1 is 1.42 bits per heavy atom. The van der Waals surface area contributed by atoms with E-state index < -0.39 is 6.10 Å². The summed E-state index contributed by atoms with van der Waals surface area (Å²) in [5, 5.41) is 13.0. The van der Waals surface area contributed by atoms with Crippen molar-refractivity contribution in [3.63, 3.8) is 0 Å². The van der Waals surface area contributed by atoms with Crippen LogP contribution in [0.15, 0.2) is 24.3 Å². The summed E-state index contributed by atoms with van der Waals surface area (Å²) in [6.45, 7) is 0.757. The van der Waals surface area contributed by atoms with Gasteiger partial charge in [0.25, 0.3) is 0 Å². The van der Waals surface area contributed by atoms with Crippen LogP contribution in [0.4, 0.5) is 0 Å². The molecule has 1 fully saturated rings. The molecule has 4 heteroatoms. The van der Waals surface area contributed by atoms with Crippen molar-refractivity contribution < 1.29 is 14.6 Å². The molecular formula is C15H19NO3. The molecule has 0 spiro atoms. The van der Waals surface area contributed by atoms with Crippen LogP contribution in [0, 0.1) is 0 Å². The van der Waals surface area contributed by atoms with Gasteiger partial charge in [-0.05, 0) is 24.0 Å². The van der Waals surface area contributed by atoms with E-state index in [1.165, 1.54) is 0 Å². The Balaban J connectivity index is 1.64. The second-order valence-electron chi connectivity index (χ2n) is 5.35. The van der Waals surface area contributed by atoms with Gasteiger partial charge in [-0.15, -0.1) is 0 Å². The first kappa shape index (κ1) is 12.6. The van der Waals surface area contributed by atoms with Crippen molar-refractivity contribution in [1.82, 2.24) is 5.32 Å². The standard InChI is InChI=1S/C15H19NO3/c17-13-8-10-4-1-2-6-12(10)15(13)16-14(18)9-11-5-3-7-19-11/h1-2,4,6,11,13,15,17H,3,5,7-9H2,(H,16,18). The lowest BCUT2D eigenvalue weighted by molar-refractivity contribution is -0.124. The van der Waals surface area contributed by atoms with Gasteiger partial charge in [0, 0.05) is 13.0 Å². The zero-order valence-electron chi connectivity index (χ0n) is 10.8. The number of carbonyl (C=O) groups excluding carboxylic acids is 1. The fourth-order valence-electron chi connectivity index (χ4n) is 2.99. The number of ether oxygens (including phenoxy) is 1. The Hall–Kier alpha value is -1.39. The monoisotopic (exact) mass is 261 g/mol. The summed E-state index contributed by atoms with van der Waals surface area (Å²) in [7, 11) is 0. The van der Waals surface area contributed by atoms with Crippen molar-refractivity contribution in [2.75, 3.05) is 6.61 Å². The van der Waals surface area contributed by atoms with Crippen LogP contribution in [-0.4, -0.2) is 29.8 Å². The molecule has 0 radical (unpaired) electrons. The van der Waals surface area contributed by atoms with E-state index in [-0.39, 0.29) is 18.1 Å². The van der Waals surface area contributed by atoms with Crippen LogP contribution in [0.5, 0.6) is 0 Å². The normalized spacial score (nSPS) is 29.2. The molecule has 2 N–H and O–H groups in total. The zero-order valence-corrected chi connectivity index (χ0v) is 10.8. The van der Waals surface area contributed by atoms with E-state index in [4.69, 9.17) is 4.74 Å². The molecular weight excluding hydrogens is 242 g/mol. The number of rotatable bonds is 3. The van der Waals surface area contributed by atoms with E-state index in [1.807, 2.05) is 24.3 Å². The quantitative estimate of drug-likeness (QED) is 0.863. The minimum Gasteiger partial charge on any atom is -0.390 e. The van der Waals surface area contributed by atoms with E-state index in [9.17, 15) is 9.90 Å². The number of fused-ring (bicyclic) bond motifs is 1. The highest BCUT2D eigenvalue weighted by Crippen LogP contribution is 2.31. The van der Waals surface area contributed by atoms with Gasteiger partial charge < -0.3 is 15.2 Å². The van der Waals surface area contributed by atoms with Crippen LogP contribution in [0.3, 0.4) is 0 Å². The molecule has 3 unspecified atom stereocenters. The van der Waals surface area contributed by atoms with E-state index in [2.05, 4.69) is 5.32 Å². The first-order valence-electron chi connectivity index (χ1n) is 6.91. The predicted molar refractivity (Wildman–Crippen MR) is 70.6 cm³/mol. The van der Waals surface area contributed by atoms with E-state index in [0.29, 0.717) is 12.8 Å². The van der Waals surface area contributed by atoms with Gasteiger partial charge in [-0.25, -0.2) is 0 Å². The number of hydrogen-bond donors (Lipinski definition) is 2. The highest BCUT2D eigenvalue weighted by Gasteiger charge is 2.32. The topological polar surface area (TPSA) is 58.6 Å². The summed E-state index contributed by atoms with van der Waals surface area (Å²) >= 11 is 0. The molecule has 3 atom stereocenters. The fraction of sp³-hybridized carbons (Fsp3) is 0.533. The Kier molecular flexibility index (Phi) is 3.53. The Bertz CT molecular complexity index is 468. The number of carbonyl (C=O) groups is 1. The molecule has 0 bridgehead atoms. The number of hydrogen-bond acceptors (Lipinski definition) is 3. The largest absolute Gasteiger partial charge is 0.390 e. The van der Waals surface area contributed by atoms with Crippen LogP contribution in [0.2, 0.25) is 0 Å². The molecule has 1 aliphatic carbocycles. The summed E-state index contributed by atoms with van der Waals surface area (Å²) in [5.74, 6) is -0.0346. The first-order valence-corrected chi connectivity index (χ1v) is 6.91. The van der Waals surface area contributed by atoms with Crippen molar-refractivity contribution in [2.45, 2.75) is 43.9 Å². The fourth-order valence-corrected chi connectivity index (χ4v) is 2.99. The van der Waals surface area contributed by atoms with Gasteiger partial charge in [-0.3, -0.25) is 4.79 Å². The second kappa shape index (κ2) is 5.31. The third-order valence-electron chi connectivity index (χ3n) is 3.96.